The molecule has 0 bridgehead atoms. The van der Waals surface area contributed by atoms with Gasteiger partial charge in [-0.1, -0.05) is 5.92 Å². The largest absolute Gasteiger partial charge is 0.560 e. The molecule has 0 aliphatic rings. The van der Waals surface area contributed by atoms with Crippen molar-refractivity contribution in [2.24, 2.45) is 0 Å². The van der Waals surface area contributed by atoms with E-state index in [4.69, 9.17) is 6.42 Å². The van der Waals surface area contributed by atoms with Gasteiger partial charge in [0.25, 0.3) is 0 Å². The van der Waals surface area contributed by atoms with E-state index in [0.29, 0.717) is 5.56 Å². The molecule has 0 aliphatic carbocycles. The molecule has 0 aliphatic heterocycles. The maximum atomic E-state index is 12.1. The monoisotopic (exact) mass is 301 g/mol. The van der Waals surface area contributed by atoms with Gasteiger partial charge >= 0.3 is 16.0 Å². The summed E-state index contributed by atoms with van der Waals surface area (Å²) in [6.45, 7) is 0. The van der Waals surface area contributed by atoms with E-state index in [1.54, 1.807) is 0 Å². The highest BCUT2D eigenvalue weighted by Gasteiger charge is 1.86. The van der Waals surface area contributed by atoms with E-state index >= 15 is 0 Å². The molecule has 0 saturated heterocycles. The fourth-order valence-corrected chi connectivity index (χ4v) is 0.533. The van der Waals surface area contributed by atoms with Gasteiger partial charge < -0.3 is 0 Å². The number of hydrogen-bond acceptors (Lipinski definition) is 0. The van der Waals surface area contributed by atoms with Crippen molar-refractivity contribution in [3.8, 4) is 5.92 Å². The summed E-state index contributed by atoms with van der Waals surface area (Å²) in [5.74, 6) is 1.85. The lowest BCUT2D eigenvalue weighted by Crippen LogP contribution is -1.73. The van der Waals surface area contributed by atoms with Gasteiger partial charge in [-0.2, -0.15) is 0 Å². The van der Waals surface area contributed by atoms with Crippen LogP contribution in [0.25, 0.3) is 0 Å². The highest BCUT2D eigenvalue weighted by Crippen LogP contribution is 1.99. The van der Waals surface area contributed by atoms with E-state index < -0.39 is 0 Å². The minimum absolute atomic E-state index is 0.0417. The van der Waals surface area contributed by atoms with Crippen molar-refractivity contribution < 1.29 is 4.39 Å². The van der Waals surface area contributed by atoms with E-state index in [-0.39, 0.29) is 21.8 Å². The minimum Gasteiger partial charge on any atom is -0.280 e. The third-order valence-electron chi connectivity index (χ3n) is 0.989. The molecule has 1 aromatic carbocycles. The minimum atomic E-state index is -0.283. The summed E-state index contributed by atoms with van der Waals surface area (Å²) in [4.78, 5) is 0. The Labute approximate surface area is 93.4 Å². The van der Waals surface area contributed by atoms with Crippen LogP contribution in [-0.2, 0) is 0 Å². The lowest BCUT2D eigenvalue weighted by Gasteiger charge is -1.86. The van der Waals surface area contributed by atoms with Crippen molar-refractivity contribution in [1.29, 1.82) is 0 Å². The molecule has 0 nitrogen and oxygen atoms in total. The number of benzene rings is 1. The van der Waals surface area contributed by atoms with Gasteiger partial charge in [-0.15, -0.1) is 0 Å². The number of rotatable bonds is 0. The number of hydrogen-bond donors (Lipinski definition) is 0. The molecule has 0 amide bonds. The van der Waals surface area contributed by atoms with Crippen molar-refractivity contribution in [2.75, 3.05) is 0 Å². The van der Waals surface area contributed by atoms with Crippen LogP contribution in [0.5, 0.6) is 0 Å². The summed E-state index contributed by atoms with van der Waals surface area (Å²) >= 11 is 6.44. The normalized spacial score (nSPS) is 7.17. The maximum Gasteiger partial charge on any atom is 0.560 e. The molecule has 1 aromatic rings. The first-order valence-electron chi connectivity index (χ1n) is 3.04. The van der Waals surface area contributed by atoms with Crippen LogP contribution in [-0.4, -0.2) is 16.0 Å². The summed E-state index contributed by atoms with van der Waals surface area (Å²) in [6.07, 6.45) is 6.64. The van der Waals surface area contributed by atoms with E-state index in [1.165, 1.54) is 24.3 Å². The fourth-order valence-electron chi connectivity index (χ4n) is 0.533. The Hall–Kier alpha value is 0.436. The molecular weight excluding hydrogens is 299 g/mol. The molecule has 0 unspecified atom stereocenters. The second-order valence-corrected chi connectivity index (χ2v) is 9.81. The first-order chi connectivity index (χ1) is 5.74. The highest BCUT2D eigenvalue weighted by molar-refractivity contribution is 9.47. The van der Waals surface area contributed by atoms with Crippen molar-refractivity contribution in [3.63, 3.8) is 0 Å². The molecule has 0 fully saturated rings. The van der Waals surface area contributed by atoms with E-state index in [9.17, 15) is 4.39 Å². The smallest absolute Gasteiger partial charge is 0.280 e. The molecular formula is C8H4Br2FMg. The van der Waals surface area contributed by atoms with Crippen LogP contribution in [0.3, 0.4) is 0 Å². The molecule has 0 aromatic heterocycles. The van der Waals surface area contributed by atoms with Gasteiger partial charge in [-0.05, 0) is 30.7 Å². The number of halogens is 3. The van der Waals surface area contributed by atoms with E-state index in [1.807, 2.05) is 0 Å². The summed E-state index contributed by atoms with van der Waals surface area (Å²) in [6, 6.07) is 5.61. The first-order valence-corrected chi connectivity index (χ1v) is 10.8. The van der Waals surface area contributed by atoms with Gasteiger partial charge in [0, 0.05) is 5.56 Å². The van der Waals surface area contributed by atoms with Crippen molar-refractivity contribution in [1.82, 2.24) is 0 Å². The Morgan fingerprint density at radius 1 is 1.25 bits per heavy atom. The van der Waals surface area contributed by atoms with Crippen LogP contribution in [0.1, 0.15) is 5.56 Å². The standard InChI is InChI=1S/C8H4F.2BrH.Mg/c1-2-7-3-5-8(9)6-4-7;;;/h3-6H;2*1H;/q;;;+2/p-2. The lowest BCUT2D eigenvalue weighted by molar-refractivity contribution is 0.627. The second kappa shape index (κ2) is 8.05. The molecule has 12 heavy (non-hydrogen) atoms. The van der Waals surface area contributed by atoms with Crippen LogP contribution in [0, 0.1) is 18.2 Å². The molecule has 4 heteroatoms. The van der Waals surface area contributed by atoms with Gasteiger partial charge in [0.15, 0.2) is 0 Å². The Kier molecular flexibility index (Phi) is 8.35. The third kappa shape index (κ3) is 6.01. The van der Waals surface area contributed by atoms with Crippen molar-refractivity contribution in [3.05, 3.63) is 42.1 Å². The molecule has 0 heterocycles. The summed E-state index contributed by atoms with van der Waals surface area (Å²) in [7, 11) is 0. The predicted molar refractivity (Wildman–Crippen MR) is 56.2 cm³/mol. The van der Waals surface area contributed by atoms with Crippen LogP contribution in [0.2, 0.25) is 0 Å². The van der Waals surface area contributed by atoms with Gasteiger partial charge in [0.2, 0.25) is 0 Å². The SMILES string of the molecule is [Br][Mg][Br].[C]#Cc1ccc(F)cc1. The van der Waals surface area contributed by atoms with Crippen molar-refractivity contribution >= 4 is 41.8 Å². The molecule has 0 spiro atoms. The molecule has 0 saturated carbocycles. The Balaban J connectivity index is 0.000000354. The topological polar surface area (TPSA) is 0 Å². The van der Waals surface area contributed by atoms with E-state index in [2.05, 4.69) is 31.7 Å². The van der Waals surface area contributed by atoms with Gasteiger partial charge in [-0.3, -0.25) is 25.8 Å². The third-order valence-corrected chi connectivity index (χ3v) is 0.989. The fraction of sp³-hybridized carbons (Fsp3) is 0. The quantitative estimate of drug-likeness (QED) is 0.510. The molecule has 0 atom stereocenters. The summed E-state index contributed by atoms with van der Waals surface area (Å²) in [5, 5.41) is 0. The second-order valence-electron chi connectivity index (χ2n) is 1.73. The average molecular weight is 303 g/mol. The van der Waals surface area contributed by atoms with Crippen LogP contribution >= 0.6 is 25.8 Å². The zero-order valence-electron chi connectivity index (χ0n) is 6.15. The predicted octanol–water partition coefficient (Wildman–Crippen LogP) is 3.07. The zero-order chi connectivity index (χ0) is 9.40. The van der Waals surface area contributed by atoms with Gasteiger partial charge in [-0.25, -0.2) is 4.39 Å². The van der Waals surface area contributed by atoms with E-state index in [0.717, 1.165) is 0 Å². The van der Waals surface area contributed by atoms with Crippen LogP contribution in [0.4, 0.5) is 4.39 Å². The van der Waals surface area contributed by atoms with Crippen LogP contribution < -0.4 is 0 Å². The lowest BCUT2D eigenvalue weighted by atomic mass is 10.2. The maximum absolute atomic E-state index is 12.1. The Morgan fingerprint density at radius 2 is 1.67 bits per heavy atom. The molecule has 1 radical (unpaired) electrons. The summed E-state index contributed by atoms with van der Waals surface area (Å²) < 4.78 is 12.1. The Bertz CT molecular complexity index is 253. The Morgan fingerprint density at radius 3 is 2.00 bits per heavy atom. The average Bonchev–Trinajstić information content (AvgIpc) is 2.07. The van der Waals surface area contributed by atoms with Crippen LogP contribution in [0.15, 0.2) is 24.3 Å². The zero-order valence-corrected chi connectivity index (χ0v) is 10.7. The molecule has 0 N–H and O–H groups in total. The molecule has 1 rings (SSSR count). The summed E-state index contributed by atoms with van der Waals surface area (Å²) in [5.41, 5.74) is 0.594. The van der Waals surface area contributed by atoms with Gasteiger partial charge in [0.1, 0.15) is 5.82 Å². The van der Waals surface area contributed by atoms with Crippen molar-refractivity contribution in [2.45, 2.75) is 0 Å². The molecule has 59 valence electrons. The first kappa shape index (κ1) is 12.4. The highest BCUT2D eigenvalue weighted by atomic mass is 79.9. The van der Waals surface area contributed by atoms with Gasteiger partial charge in [0.05, 0.1) is 0 Å².